The van der Waals surface area contributed by atoms with Crippen molar-refractivity contribution >= 4 is 50.7 Å². The van der Waals surface area contributed by atoms with Crippen molar-refractivity contribution in [1.29, 1.82) is 0 Å². The lowest BCUT2D eigenvalue weighted by Crippen LogP contribution is -2.18. The zero-order valence-electron chi connectivity index (χ0n) is 20.5. The van der Waals surface area contributed by atoms with Gasteiger partial charge in [0.1, 0.15) is 5.00 Å². The van der Waals surface area contributed by atoms with Gasteiger partial charge in [-0.1, -0.05) is 55.3 Å². The summed E-state index contributed by atoms with van der Waals surface area (Å²) in [5, 5.41) is 4.99. The maximum atomic E-state index is 13.9. The van der Waals surface area contributed by atoms with E-state index < -0.39 is 5.97 Å². The third-order valence-corrected chi connectivity index (χ3v) is 8.43. The standard InChI is InChI=1S/C29H27ClN2O3S/c1-4-17-12-13-21-23(14-17)36-28(25(21)29(34)35-3)32-27(33)24-16(2)26(18-8-7-9-19(30)15-18)31-22-11-6-5-10-20(22)24/h5-11,15,17H,4,12-14H2,1-3H3,(H,32,33). The Morgan fingerprint density at radius 1 is 1.17 bits per heavy atom. The Hall–Kier alpha value is -3.22. The minimum atomic E-state index is -0.409. The van der Waals surface area contributed by atoms with Crippen molar-refractivity contribution in [2.45, 2.75) is 39.5 Å². The summed E-state index contributed by atoms with van der Waals surface area (Å²) >= 11 is 7.75. The molecule has 1 aliphatic rings. The number of benzene rings is 2. The molecule has 1 amide bonds. The molecule has 1 atom stereocenters. The Labute approximate surface area is 219 Å². The Morgan fingerprint density at radius 3 is 2.72 bits per heavy atom. The van der Waals surface area contributed by atoms with Gasteiger partial charge < -0.3 is 10.1 Å². The Bertz CT molecular complexity index is 1490. The van der Waals surface area contributed by atoms with Gasteiger partial charge in [-0.25, -0.2) is 9.78 Å². The van der Waals surface area contributed by atoms with Crippen molar-refractivity contribution in [1.82, 2.24) is 4.98 Å². The first-order chi connectivity index (χ1) is 17.4. The van der Waals surface area contributed by atoms with Gasteiger partial charge in [-0.2, -0.15) is 0 Å². The van der Waals surface area contributed by atoms with Gasteiger partial charge in [0.05, 0.1) is 29.4 Å². The van der Waals surface area contributed by atoms with Gasteiger partial charge in [0.25, 0.3) is 5.91 Å². The summed E-state index contributed by atoms with van der Waals surface area (Å²) in [4.78, 5) is 32.7. The van der Waals surface area contributed by atoms with Crippen LogP contribution in [0.25, 0.3) is 22.2 Å². The van der Waals surface area contributed by atoms with Crippen LogP contribution in [-0.4, -0.2) is 24.0 Å². The highest BCUT2D eigenvalue weighted by Gasteiger charge is 2.30. The summed E-state index contributed by atoms with van der Waals surface area (Å²) in [5.41, 5.74) is 5.05. The van der Waals surface area contributed by atoms with E-state index in [-0.39, 0.29) is 5.91 Å². The molecule has 0 saturated carbocycles. The number of hydrogen-bond acceptors (Lipinski definition) is 5. The van der Waals surface area contributed by atoms with Crippen molar-refractivity contribution in [3.63, 3.8) is 0 Å². The van der Waals surface area contributed by atoms with E-state index in [2.05, 4.69) is 12.2 Å². The molecule has 2 heterocycles. The number of thiophene rings is 1. The third kappa shape index (κ3) is 4.40. The molecular weight excluding hydrogens is 492 g/mol. The molecule has 1 aliphatic carbocycles. The lowest BCUT2D eigenvalue weighted by molar-refractivity contribution is 0.0601. The number of para-hydroxylation sites is 1. The second kappa shape index (κ2) is 10.0. The van der Waals surface area contributed by atoms with Gasteiger partial charge in [-0.15, -0.1) is 11.3 Å². The quantitative estimate of drug-likeness (QED) is 0.278. The first-order valence-electron chi connectivity index (χ1n) is 12.1. The molecule has 36 heavy (non-hydrogen) atoms. The first-order valence-corrected chi connectivity index (χ1v) is 13.3. The van der Waals surface area contributed by atoms with Gasteiger partial charge >= 0.3 is 5.97 Å². The summed E-state index contributed by atoms with van der Waals surface area (Å²) in [6, 6.07) is 15.1. The number of pyridine rings is 1. The molecule has 2 aromatic heterocycles. The number of aromatic nitrogens is 1. The predicted molar refractivity (Wildman–Crippen MR) is 146 cm³/mol. The Morgan fingerprint density at radius 2 is 1.97 bits per heavy atom. The summed E-state index contributed by atoms with van der Waals surface area (Å²) in [6.07, 6.45) is 3.88. The van der Waals surface area contributed by atoms with Crippen LogP contribution < -0.4 is 5.32 Å². The highest BCUT2D eigenvalue weighted by molar-refractivity contribution is 7.17. The summed E-state index contributed by atoms with van der Waals surface area (Å²) in [7, 11) is 1.38. The molecule has 1 unspecified atom stereocenters. The van der Waals surface area contributed by atoms with Crippen molar-refractivity contribution in [3.8, 4) is 11.3 Å². The molecule has 0 spiro atoms. The zero-order chi connectivity index (χ0) is 25.4. The maximum absolute atomic E-state index is 13.9. The van der Waals surface area contributed by atoms with E-state index in [0.717, 1.165) is 47.8 Å². The Balaban J connectivity index is 1.62. The highest BCUT2D eigenvalue weighted by atomic mass is 35.5. The number of anilines is 1. The van der Waals surface area contributed by atoms with Crippen LogP contribution in [0.2, 0.25) is 5.02 Å². The molecule has 0 bridgehead atoms. The summed E-state index contributed by atoms with van der Waals surface area (Å²) in [5.74, 6) is -0.0873. The van der Waals surface area contributed by atoms with Crippen LogP contribution in [0.1, 0.15) is 56.5 Å². The van der Waals surface area contributed by atoms with E-state index in [0.29, 0.717) is 38.3 Å². The van der Waals surface area contributed by atoms with Gasteiger partial charge in [-0.3, -0.25) is 4.79 Å². The molecule has 5 nitrogen and oxygen atoms in total. The van der Waals surface area contributed by atoms with Crippen molar-refractivity contribution in [3.05, 3.63) is 80.7 Å². The SMILES string of the molecule is CCC1CCc2c(sc(NC(=O)c3c(C)c(-c4cccc(Cl)c4)nc4ccccc34)c2C(=O)OC)C1. The fourth-order valence-electron chi connectivity index (χ4n) is 5.09. The third-order valence-electron chi connectivity index (χ3n) is 7.02. The molecule has 0 saturated heterocycles. The second-order valence-corrected chi connectivity index (χ2v) is 10.7. The number of nitrogens with one attached hydrogen (secondary N) is 1. The van der Waals surface area contributed by atoms with Crippen LogP contribution in [0.3, 0.4) is 0 Å². The second-order valence-electron chi connectivity index (χ2n) is 9.16. The minimum absolute atomic E-state index is 0.273. The van der Waals surface area contributed by atoms with E-state index in [1.807, 2.05) is 55.5 Å². The molecule has 0 radical (unpaired) electrons. The van der Waals surface area contributed by atoms with Crippen LogP contribution in [-0.2, 0) is 17.6 Å². The van der Waals surface area contributed by atoms with Crippen LogP contribution in [0, 0.1) is 12.8 Å². The molecule has 2 aromatic carbocycles. The van der Waals surface area contributed by atoms with Crippen molar-refractivity contribution < 1.29 is 14.3 Å². The molecular formula is C29H27ClN2O3S. The average Bonchev–Trinajstić information content (AvgIpc) is 3.24. The number of amides is 1. The molecule has 5 rings (SSSR count). The van der Waals surface area contributed by atoms with Crippen molar-refractivity contribution in [2.75, 3.05) is 12.4 Å². The van der Waals surface area contributed by atoms with Crippen LogP contribution >= 0.6 is 22.9 Å². The first kappa shape index (κ1) is 24.5. The normalized spacial score (nSPS) is 14.9. The Kier molecular flexibility index (Phi) is 6.82. The number of halogens is 1. The predicted octanol–water partition coefficient (Wildman–Crippen LogP) is 7.48. The number of rotatable bonds is 5. The smallest absolute Gasteiger partial charge is 0.341 e. The summed E-state index contributed by atoms with van der Waals surface area (Å²) in [6.45, 7) is 4.10. The van der Waals surface area contributed by atoms with E-state index in [4.69, 9.17) is 21.3 Å². The number of esters is 1. The fourth-order valence-corrected chi connectivity index (χ4v) is 6.63. The number of methoxy groups -OCH3 is 1. The van der Waals surface area contributed by atoms with E-state index >= 15 is 0 Å². The topological polar surface area (TPSA) is 68.3 Å². The van der Waals surface area contributed by atoms with Crippen LogP contribution in [0.4, 0.5) is 5.00 Å². The number of carbonyl (C=O) groups excluding carboxylic acids is 2. The molecule has 0 aliphatic heterocycles. The largest absolute Gasteiger partial charge is 0.465 e. The molecule has 1 N–H and O–H groups in total. The van der Waals surface area contributed by atoms with E-state index in [9.17, 15) is 9.59 Å². The molecule has 184 valence electrons. The fraction of sp³-hybridized carbons (Fsp3) is 0.276. The molecule has 4 aromatic rings. The number of ether oxygens (including phenoxy) is 1. The van der Waals surface area contributed by atoms with E-state index in [1.165, 1.54) is 23.3 Å². The zero-order valence-corrected chi connectivity index (χ0v) is 22.1. The lowest BCUT2D eigenvalue weighted by Gasteiger charge is -2.20. The highest BCUT2D eigenvalue weighted by Crippen LogP contribution is 2.41. The average molecular weight is 519 g/mol. The molecule has 0 fully saturated rings. The maximum Gasteiger partial charge on any atom is 0.341 e. The van der Waals surface area contributed by atoms with E-state index in [1.54, 1.807) is 0 Å². The van der Waals surface area contributed by atoms with Gasteiger partial charge in [-0.05, 0) is 61.4 Å². The monoisotopic (exact) mass is 518 g/mol. The van der Waals surface area contributed by atoms with Gasteiger partial charge in [0.2, 0.25) is 0 Å². The van der Waals surface area contributed by atoms with Gasteiger partial charge in [0.15, 0.2) is 0 Å². The van der Waals surface area contributed by atoms with Gasteiger partial charge in [0, 0.05) is 20.8 Å². The number of nitrogens with zero attached hydrogens (tertiary/aromatic N) is 1. The molecule has 7 heteroatoms. The minimum Gasteiger partial charge on any atom is -0.465 e. The number of carbonyl (C=O) groups is 2. The number of fused-ring (bicyclic) bond motifs is 2. The van der Waals surface area contributed by atoms with Crippen LogP contribution in [0.15, 0.2) is 48.5 Å². The lowest BCUT2D eigenvalue weighted by atomic mass is 9.85. The number of hydrogen-bond donors (Lipinski definition) is 1. The summed E-state index contributed by atoms with van der Waals surface area (Å²) < 4.78 is 5.12. The van der Waals surface area contributed by atoms with Crippen LogP contribution in [0.5, 0.6) is 0 Å². The van der Waals surface area contributed by atoms with Crippen molar-refractivity contribution in [2.24, 2.45) is 5.92 Å².